The van der Waals surface area contributed by atoms with Crippen LogP contribution >= 0.6 is 27.5 Å². The van der Waals surface area contributed by atoms with Crippen molar-refractivity contribution in [3.05, 3.63) is 28.8 Å². The molecule has 0 radical (unpaired) electrons. The van der Waals surface area contributed by atoms with Crippen LogP contribution < -0.4 is 4.90 Å². The van der Waals surface area contributed by atoms with Crippen LogP contribution in [0, 0.1) is 0 Å². The third-order valence-corrected chi connectivity index (χ3v) is 4.63. The first kappa shape index (κ1) is 14.2. The number of piperidine rings is 1. The predicted octanol–water partition coefficient (Wildman–Crippen LogP) is 3.77. The Morgan fingerprint density at radius 2 is 2.00 bits per heavy atom. The summed E-state index contributed by atoms with van der Waals surface area (Å²) in [5.41, 5.74) is 2.50. The monoisotopic (exact) mass is 330 g/mol. The first-order valence-electron chi connectivity index (χ1n) is 6.38. The zero-order valence-corrected chi connectivity index (χ0v) is 13.3. The zero-order chi connectivity index (χ0) is 13.1. The van der Waals surface area contributed by atoms with E-state index in [9.17, 15) is 0 Å². The van der Waals surface area contributed by atoms with Gasteiger partial charge in [-0.2, -0.15) is 0 Å². The lowest BCUT2D eigenvalue weighted by Gasteiger charge is -2.37. The van der Waals surface area contributed by atoms with Crippen molar-refractivity contribution in [1.82, 2.24) is 4.90 Å². The normalized spacial score (nSPS) is 17.5. The Balaban J connectivity index is 2.14. The van der Waals surface area contributed by atoms with Gasteiger partial charge >= 0.3 is 0 Å². The molecule has 1 aromatic rings. The molecule has 0 bridgehead atoms. The minimum Gasteiger partial charge on any atom is -0.370 e. The second-order valence-electron chi connectivity index (χ2n) is 5.06. The van der Waals surface area contributed by atoms with Gasteiger partial charge in [0.15, 0.2) is 0 Å². The Bertz CT molecular complexity index is 401. The van der Waals surface area contributed by atoms with Crippen molar-refractivity contribution in [3.63, 3.8) is 0 Å². The van der Waals surface area contributed by atoms with Gasteiger partial charge in [-0.05, 0) is 38.6 Å². The van der Waals surface area contributed by atoms with Crippen molar-refractivity contribution >= 4 is 33.2 Å². The molecule has 0 spiro atoms. The van der Waals surface area contributed by atoms with Crippen LogP contribution in [0.4, 0.5) is 5.69 Å². The van der Waals surface area contributed by atoms with Crippen molar-refractivity contribution in [2.24, 2.45) is 0 Å². The lowest BCUT2D eigenvalue weighted by Crippen LogP contribution is -2.42. The van der Waals surface area contributed by atoms with Crippen molar-refractivity contribution in [3.8, 4) is 0 Å². The first-order chi connectivity index (χ1) is 8.63. The van der Waals surface area contributed by atoms with Gasteiger partial charge in [0.05, 0.1) is 10.7 Å². The van der Waals surface area contributed by atoms with Crippen LogP contribution in [0.5, 0.6) is 0 Å². The van der Waals surface area contributed by atoms with Crippen LogP contribution in [-0.2, 0) is 5.33 Å². The molecular formula is C14H20BrClN2. The number of halogens is 2. The van der Waals surface area contributed by atoms with E-state index in [1.165, 1.54) is 24.1 Å². The van der Waals surface area contributed by atoms with Crippen molar-refractivity contribution in [1.29, 1.82) is 0 Å². The van der Waals surface area contributed by atoms with Crippen molar-refractivity contribution in [2.75, 3.05) is 32.1 Å². The highest BCUT2D eigenvalue weighted by Gasteiger charge is 2.23. The minimum atomic E-state index is 0.705. The van der Waals surface area contributed by atoms with E-state index in [2.05, 4.69) is 45.9 Å². The number of para-hydroxylation sites is 1. The van der Waals surface area contributed by atoms with E-state index in [0.717, 1.165) is 23.4 Å². The Labute approximate surface area is 123 Å². The molecule has 2 rings (SSSR count). The van der Waals surface area contributed by atoms with E-state index in [-0.39, 0.29) is 0 Å². The number of anilines is 1. The fourth-order valence-electron chi connectivity index (χ4n) is 2.63. The molecule has 18 heavy (non-hydrogen) atoms. The maximum atomic E-state index is 6.37. The summed E-state index contributed by atoms with van der Waals surface area (Å²) >= 11 is 9.92. The van der Waals surface area contributed by atoms with Gasteiger partial charge in [-0.1, -0.05) is 39.7 Å². The highest BCUT2D eigenvalue weighted by Crippen LogP contribution is 2.33. The molecule has 1 fully saturated rings. The largest absolute Gasteiger partial charge is 0.370 e. The van der Waals surface area contributed by atoms with E-state index in [0.29, 0.717) is 6.04 Å². The molecule has 1 heterocycles. The molecule has 2 nitrogen and oxygen atoms in total. The minimum absolute atomic E-state index is 0.705. The number of alkyl halides is 1. The van der Waals surface area contributed by atoms with Gasteiger partial charge in [-0.3, -0.25) is 0 Å². The summed E-state index contributed by atoms with van der Waals surface area (Å²) in [5.74, 6) is 0. The molecular weight excluding hydrogens is 312 g/mol. The van der Waals surface area contributed by atoms with E-state index in [4.69, 9.17) is 11.6 Å². The molecule has 0 aromatic heterocycles. The lowest BCUT2D eigenvalue weighted by molar-refractivity contribution is 0.249. The van der Waals surface area contributed by atoms with Gasteiger partial charge in [0.1, 0.15) is 0 Å². The average Bonchev–Trinajstić information content (AvgIpc) is 2.38. The Morgan fingerprint density at radius 3 is 2.56 bits per heavy atom. The fourth-order valence-corrected chi connectivity index (χ4v) is 3.39. The van der Waals surface area contributed by atoms with Gasteiger partial charge in [-0.25, -0.2) is 0 Å². The highest BCUT2D eigenvalue weighted by molar-refractivity contribution is 9.08. The first-order valence-corrected chi connectivity index (χ1v) is 7.88. The van der Waals surface area contributed by atoms with Gasteiger partial charge in [-0.15, -0.1) is 0 Å². The van der Waals surface area contributed by atoms with Crippen LogP contribution in [0.15, 0.2) is 18.2 Å². The van der Waals surface area contributed by atoms with Crippen LogP contribution in [0.25, 0.3) is 0 Å². The second kappa shape index (κ2) is 6.27. The van der Waals surface area contributed by atoms with Crippen LogP contribution in [0.2, 0.25) is 5.02 Å². The number of nitrogens with zero attached hydrogens (tertiary/aromatic N) is 2. The lowest BCUT2D eigenvalue weighted by atomic mass is 10.0. The molecule has 1 saturated heterocycles. The molecule has 1 aliphatic heterocycles. The fraction of sp³-hybridized carbons (Fsp3) is 0.571. The smallest absolute Gasteiger partial charge is 0.0642 e. The Kier molecular flexibility index (Phi) is 4.93. The summed E-state index contributed by atoms with van der Waals surface area (Å²) in [4.78, 5) is 4.76. The highest BCUT2D eigenvalue weighted by atomic mass is 79.9. The SMILES string of the molecule is CN(C)C1CCN(c2c(Cl)cccc2CBr)CC1. The number of hydrogen-bond donors (Lipinski definition) is 0. The molecule has 4 heteroatoms. The van der Waals surface area contributed by atoms with E-state index >= 15 is 0 Å². The topological polar surface area (TPSA) is 6.48 Å². The molecule has 0 saturated carbocycles. The van der Waals surface area contributed by atoms with Gasteiger partial charge in [0.2, 0.25) is 0 Å². The van der Waals surface area contributed by atoms with Crippen LogP contribution in [-0.4, -0.2) is 38.1 Å². The van der Waals surface area contributed by atoms with Crippen molar-refractivity contribution in [2.45, 2.75) is 24.2 Å². The standard InChI is InChI=1S/C14H20BrClN2/c1-17(2)12-6-8-18(9-7-12)14-11(10-15)4-3-5-13(14)16/h3-5,12H,6-10H2,1-2H3. The Hall–Kier alpha value is -0.250. The summed E-state index contributed by atoms with van der Waals surface area (Å²) < 4.78 is 0. The molecule has 1 aromatic carbocycles. The molecule has 0 aliphatic carbocycles. The Morgan fingerprint density at radius 1 is 1.33 bits per heavy atom. The molecule has 0 amide bonds. The molecule has 100 valence electrons. The quantitative estimate of drug-likeness (QED) is 0.778. The van der Waals surface area contributed by atoms with Gasteiger partial charge in [0.25, 0.3) is 0 Å². The molecule has 1 aliphatic rings. The summed E-state index contributed by atoms with van der Waals surface area (Å²) in [5, 5.41) is 1.73. The number of rotatable bonds is 3. The van der Waals surface area contributed by atoms with E-state index in [1.807, 2.05) is 12.1 Å². The number of benzene rings is 1. The van der Waals surface area contributed by atoms with Crippen molar-refractivity contribution < 1.29 is 0 Å². The van der Waals surface area contributed by atoms with E-state index in [1.54, 1.807) is 0 Å². The maximum Gasteiger partial charge on any atom is 0.0642 e. The third-order valence-electron chi connectivity index (χ3n) is 3.73. The van der Waals surface area contributed by atoms with Crippen LogP contribution in [0.1, 0.15) is 18.4 Å². The number of hydrogen-bond acceptors (Lipinski definition) is 2. The van der Waals surface area contributed by atoms with Crippen LogP contribution in [0.3, 0.4) is 0 Å². The predicted molar refractivity (Wildman–Crippen MR) is 83.0 cm³/mol. The van der Waals surface area contributed by atoms with E-state index < -0.39 is 0 Å². The summed E-state index contributed by atoms with van der Waals surface area (Å²) in [6.45, 7) is 2.18. The average molecular weight is 332 g/mol. The van der Waals surface area contributed by atoms with Gasteiger partial charge in [0, 0.05) is 24.5 Å². The molecule has 0 atom stereocenters. The summed E-state index contributed by atoms with van der Waals surface area (Å²) in [7, 11) is 4.33. The second-order valence-corrected chi connectivity index (χ2v) is 6.03. The third kappa shape index (κ3) is 3.01. The molecule has 0 unspecified atom stereocenters. The molecule has 0 N–H and O–H groups in total. The van der Waals surface area contributed by atoms with Gasteiger partial charge < -0.3 is 9.80 Å². The maximum absolute atomic E-state index is 6.37. The zero-order valence-electron chi connectivity index (χ0n) is 11.0. The summed E-state index contributed by atoms with van der Waals surface area (Å²) in [6.07, 6.45) is 2.42. The summed E-state index contributed by atoms with van der Waals surface area (Å²) in [6, 6.07) is 6.86.